The second-order valence-electron chi connectivity index (χ2n) is 2.70. The molecule has 0 unspecified atom stereocenters. The van der Waals surface area contributed by atoms with Gasteiger partial charge >= 0.3 is 0 Å². The molecule has 2 aromatic heterocycles. The molecule has 82 valence electrons. The van der Waals surface area contributed by atoms with Crippen molar-refractivity contribution in [2.75, 3.05) is 0 Å². The van der Waals surface area contributed by atoms with Crippen LogP contribution in [0, 0.1) is 0 Å². The van der Waals surface area contributed by atoms with Gasteiger partial charge in [-0.2, -0.15) is 0 Å². The summed E-state index contributed by atoms with van der Waals surface area (Å²) in [4.78, 5) is 11.9. The molecule has 0 aliphatic rings. The van der Waals surface area contributed by atoms with Gasteiger partial charge in [-0.1, -0.05) is 34.8 Å². The van der Waals surface area contributed by atoms with Crippen LogP contribution in [0.25, 0.3) is 0 Å². The molecule has 0 saturated carbocycles. The Bertz CT molecular complexity index is 507. The van der Waals surface area contributed by atoms with E-state index in [0.29, 0.717) is 15.1 Å². The van der Waals surface area contributed by atoms with Gasteiger partial charge in [0.05, 0.1) is 10.0 Å². The third kappa shape index (κ3) is 2.77. The predicted octanol–water partition coefficient (Wildman–Crippen LogP) is 3.98. The smallest absolute Gasteiger partial charge is 0.149 e. The summed E-state index contributed by atoms with van der Waals surface area (Å²) in [5, 5.41) is 2.30. The molecule has 0 saturated heterocycles. The minimum absolute atomic E-state index is 0.225. The molecule has 0 amide bonds. The van der Waals surface area contributed by atoms with E-state index in [1.54, 1.807) is 18.3 Å². The number of halogens is 3. The first-order valence-corrected chi connectivity index (χ1v) is 6.07. The largest absolute Gasteiger partial charge is 0.245 e. The zero-order valence-electron chi connectivity index (χ0n) is 7.69. The van der Waals surface area contributed by atoms with Crippen LogP contribution >= 0.6 is 46.6 Å². The maximum absolute atomic E-state index is 5.98. The molecule has 16 heavy (non-hydrogen) atoms. The maximum Gasteiger partial charge on any atom is 0.149 e. The Balaban J connectivity index is 2.32. The van der Waals surface area contributed by atoms with Crippen LogP contribution in [-0.4, -0.2) is 15.0 Å². The molecule has 0 aliphatic heterocycles. The first-order valence-electron chi connectivity index (χ1n) is 4.12. The number of hydrogen-bond donors (Lipinski definition) is 0. The highest BCUT2D eigenvalue weighted by molar-refractivity contribution is 7.99. The van der Waals surface area contributed by atoms with Crippen LogP contribution in [0.2, 0.25) is 15.2 Å². The predicted molar refractivity (Wildman–Crippen MR) is 65.4 cm³/mol. The van der Waals surface area contributed by atoms with Crippen LogP contribution < -0.4 is 0 Å². The molecule has 3 nitrogen and oxygen atoms in total. The fourth-order valence-corrected chi connectivity index (χ4v) is 2.32. The van der Waals surface area contributed by atoms with E-state index in [1.165, 1.54) is 18.1 Å². The fourth-order valence-electron chi connectivity index (χ4n) is 0.938. The number of rotatable bonds is 2. The van der Waals surface area contributed by atoms with Crippen LogP contribution in [0.1, 0.15) is 0 Å². The lowest BCUT2D eigenvalue weighted by Gasteiger charge is -2.03. The second kappa shape index (κ2) is 5.19. The molecular weight excluding hydrogens is 289 g/mol. The van der Waals surface area contributed by atoms with E-state index in [2.05, 4.69) is 15.0 Å². The Morgan fingerprint density at radius 3 is 2.62 bits per heavy atom. The van der Waals surface area contributed by atoms with E-state index < -0.39 is 0 Å². The van der Waals surface area contributed by atoms with Crippen molar-refractivity contribution in [3.63, 3.8) is 0 Å². The number of nitrogens with zero attached hydrogens (tertiary/aromatic N) is 3. The van der Waals surface area contributed by atoms with Crippen molar-refractivity contribution in [2.45, 2.75) is 10.1 Å². The molecule has 7 heteroatoms. The Labute approximate surface area is 111 Å². The quantitative estimate of drug-likeness (QED) is 0.620. The Hall–Kier alpha value is -0.550. The highest BCUT2D eigenvalue weighted by Gasteiger charge is 2.09. The Morgan fingerprint density at radius 2 is 1.94 bits per heavy atom. The highest BCUT2D eigenvalue weighted by Crippen LogP contribution is 2.34. The molecular formula is C9H4Cl3N3S. The zero-order chi connectivity index (χ0) is 11.5. The van der Waals surface area contributed by atoms with Crippen molar-refractivity contribution in [1.29, 1.82) is 0 Å². The summed E-state index contributed by atoms with van der Waals surface area (Å²) >= 11 is 18.9. The minimum atomic E-state index is 0.225. The molecule has 0 bridgehead atoms. The average molecular weight is 293 g/mol. The lowest BCUT2D eigenvalue weighted by Crippen LogP contribution is -1.86. The summed E-state index contributed by atoms with van der Waals surface area (Å²) in [5.74, 6) is 0. The SMILES string of the molecule is Clc1cc(Cl)c(Sc2ccncn2)nc1Cl. The first-order chi connectivity index (χ1) is 7.66. The summed E-state index contributed by atoms with van der Waals surface area (Å²) in [5.41, 5.74) is 0. The van der Waals surface area contributed by atoms with Crippen LogP contribution in [0.15, 0.2) is 34.7 Å². The third-order valence-electron chi connectivity index (χ3n) is 1.61. The number of pyridine rings is 1. The van der Waals surface area contributed by atoms with Gasteiger partial charge in [0.25, 0.3) is 0 Å². The molecule has 0 atom stereocenters. The van der Waals surface area contributed by atoms with Crippen molar-refractivity contribution < 1.29 is 0 Å². The lowest BCUT2D eigenvalue weighted by atomic mass is 10.5. The van der Waals surface area contributed by atoms with E-state index in [4.69, 9.17) is 34.8 Å². The van der Waals surface area contributed by atoms with Crippen molar-refractivity contribution >= 4 is 46.6 Å². The molecule has 2 rings (SSSR count). The van der Waals surface area contributed by atoms with E-state index in [-0.39, 0.29) is 5.15 Å². The average Bonchev–Trinajstić information content (AvgIpc) is 2.27. The van der Waals surface area contributed by atoms with Crippen molar-refractivity contribution in [2.24, 2.45) is 0 Å². The topological polar surface area (TPSA) is 38.7 Å². The van der Waals surface area contributed by atoms with Gasteiger partial charge in [0, 0.05) is 6.20 Å². The number of aromatic nitrogens is 3. The molecule has 0 aromatic carbocycles. The standard InChI is InChI=1S/C9H4Cl3N3S/c10-5-3-6(11)9(15-8(5)12)16-7-1-2-13-4-14-7/h1-4H. The van der Waals surface area contributed by atoms with Gasteiger partial charge in [0.15, 0.2) is 0 Å². The van der Waals surface area contributed by atoms with Gasteiger partial charge in [-0.25, -0.2) is 15.0 Å². The van der Waals surface area contributed by atoms with Gasteiger partial charge < -0.3 is 0 Å². The molecule has 2 aromatic rings. The van der Waals surface area contributed by atoms with E-state index in [0.717, 1.165) is 5.03 Å². The molecule has 0 aliphatic carbocycles. The van der Waals surface area contributed by atoms with Gasteiger partial charge in [-0.3, -0.25) is 0 Å². The summed E-state index contributed by atoms with van der Waals surface area (Å²) in [6, 6.07) is 3.31. The summed E-state index contributed by atoms with van der Waals surface area (Å²) in [7, 11) is 0. The van der Waals surface area contributed by atoms with E-state index in [9.17, 15) is 0 Å². The summed E-state index contributed by atoms with van der Waals surface area (Å²) in [6.07, 6.45) is 3.09. The zero-order valence-corrected chi connectivity index (χ0v) is 10.8. The molecule has 0 radical (unpaired) electrons. The fraction of sp³-hybridized carbons (Fsp3) is 0. The molecule has 0 N–H and O–H groups in total. The van der Waals surface area contributed by atoms with E-state index >= 15 is 0 Å². The second-order valence-corrected chi connectivity index (χ2v) is 4.88. The summed E-state index contributed by atoms with van der Waals surface area (Å²) in [6.45, 7) is 0. The van der Waals surface area contributed by atoms with Crippen LogP contribution in [-0.2, 0) is 0 Å². The van der Waals surface area contributed by atoms with Crippen LogP contribution in [0.4, 0.5) is 0 Å². The van der Waals surface area contributed by atoms with Gasteiger partial charge in [0.1, 0.15) is 21.5 Å². The van der Waals surface area contributed by atoms with Crippen LogP contribution in [0.5, 0.6) is 0 Å². The third-order valence-corrected chi connectivity index (χ3v) is 3.64. The van der Waals surface area contributed by atoms with Crippen molar-refractivity contribution in [1.82, 2.24) is 15.0 Å². The minimum Gasteiger partial charge on any atom is -0.245 e. The molecule has 0 fully saturated rings. The van der Waals surface area contributed by atoms with Gasteiger partial charge in [-0.05, 0) is 23.9 Å². The summed E-state index contributed by atoms with van der Waals surface area (Å²) < 4.78 is 0. The van der Waals surface area contributed by atoms with Gasteiger partial charge in [0.2, 0.25) is 0 Å². The monoisotopic (exact) mass is 291 g/mol. The highest BCUT2D eigenvalue weighted by atomic mass is 35.5. The number of hydrogen-bond acceptors (Lipinski definition) is 4. The van der Waals surface area contributed by atoms with Gasteiger partial charge in [-0.15, -0.1) is 0 Å². The van der Waals surface area contributed by atoms with Crippen molar-refractivity contribution in [3.05, 3.63) is 39.9 Å². The lowest BCUT2D eigenvalue weighted by molar-refractivity contribution is 1.04. The maximum atomic E-state index is 5.98. The molecule has 2 heterocycles. The van der Waals surface area contributed by atoms with E-state index in [1.807, 2.05) is 0 Å². The molecule has 0 spiro atoms. The van der Waals surface area contributed by atoms with Crippen molar-refractivity contribution in [3.8, 4) is 0 Å². The Kier molecular flexibility index (Phi) is 3.86. The normalized spacial score (nSPS) is 10.4. The Morgan fingerprint density at radius 1 is 1.12 bits per heavy atom. The first kappa shape index (κ1) is 11.9. The van der Waals surface area contributed by atoms with Crippen LogP contribution in [0.3, 0.4) is 0 Å².